The van der Waals surface area contributed by atoms with E-state index in [-0.39, 0.29) is 5.97 Å². The zero-order chi connectivity index (χ0) is 19.9. The fourth-order valence-corrected chi connectivity index (χ4v) is 3.58. The van der Waals surface area contributed by atoms with Gasteiger partial charge in [0.25, 0.3) is 0 Å². The number of rotatable bonds is 8. The molecule has 0 bridgehead atoms. The maximum atomic E-state index is 13.0. The molecule has 3 rings (SSSR count). The van der Waals surface area contributed by atoms with Crippen LogP contribution in [0.1, 0.15) is 50.7 Å². The second kappa shape index (κ2) is 9.40. The lowest BCUT2D eigenvalue weighted by atomic mass is 9.99. The van der Waals surface area contributed by atoms with Gasteiger partial charge in [-0.1, -0.05) is 39.2 Å². The first-order valence-corrected chi connectivity index (χ1v) is 9.94. The van der Waals surface area contributed by atoms with Crippen LogP contribution in [0.2, 0.25) is 0 Å². The monoisotopic (exact) mass is 377 g/mol. The van der Waals surface area contributed by atoms with Gasteiger partial charge in [-0.05, 0) is 30.0 Å². The standard InChI is InChI=1S/C23H27N3O2/c1-4-6-8-16(5-2)15-28-23(27)20(13-24-3)21-17-10-12-25-14-19(17)22-18(21)9-7-11-26-22/h7,9-14,16H,4-6,8,15H2,1-3H3/b21-20-,24-13?. The Balaban J connectivity index is 1.97. The average molecular weight is 377 g/mol. The summed E-state index contributed by atoms with van der Waals surface area (Å²) in [4.78, 5) is 25.9. The van der Waals surface area contributed by atoms with E-state index >= 15 is 0 Å². The molecule has 1 aliphatic carbocycles. The van der Waals surface area contributed by atoms with Crippen molar-refractivity contribution in [2.75, 3.05) is 13.7 Å². The van der Waals surface area contributed by atoms with Crippen molar-refractivity contribution in [1.29, 1.82) is 0 Å². The van der Waals surface area contributed by atoms with Crippen LogP contribution in [-0.2, 0) is 9.53 Å². The fourth-order valence-electron chi connectivity index (χ4n) is 3.58. The number of nitrogens with zero attached hydrogens (tertiary/aromatic N) is 3. The molecule has 5 heteroatoms. The predicted molar refractivity (Wildman–Crippen MR) is 112 cm³/mol. The minimum Gasteiger partial charge on any atom is -0.462 e. The van der Waals surface area contributed by atoms with Gasteiger partial charge >= 0.3 is 5.97 Å². The number of aliphatic imine (C=N–C) groups is 1. The van der Waals surface area contributed by atoms with E-state index in [1.165, 1.54) is 0 Å². The number of esters is 1. The van der Waals surface area contributed by atoms with E-state index in [9.17, 15) is 4.79 Å². The Morgan fingerprint density at radius 1 is 1.21 bits per heavy atom. The van der Waals surface area contributed by atoms with Crippen LogP contribution in [0.5, 0.6) is 0 Å². The fraction of sp³-hybridized carbons (Fsp3) is 0.391. The Labute approximate surface area is 166 Å². The van der Waals surface area contributed by atoms with Gasteiger partial charge in [-0.25, -0.2) is 4.79 Å². The van der Waals surface area contributed by atoms with Crippen LogP contribution in [0.25, 0.3) is 16.8 Å². The largest absolute Gasteiger partial charge is 0.462 e. The molecule has 2 heterocycles. The van der Waals surface area contributed by atoms with Crippen molar-refractivity contribution in [1.82, 2.24) is 9.97 Å². The Morgan fingerprint density at radius 3 is 2.82 bits per heavy atom. The first-order valence-electron chi connectivity index (χ1n) is 9.94. The molecule has 0 amide bonds. The number of hydrogen-bond donors (Lipinski definition) is 0. The van der Waals surface area contributed by atoms with E-state index in [1.54, 1.807) is 31.9 Å². The van der Waals surface area contributed by atoms with Crippen LogP contribution in [0, 0.1) is 5.92 Å². The number of carbonyl (C=O) groups is 1. The van der Waals surface area contributed by atoms with E-state index in [0.29, 0.717) is 18.1 Å². The summed E-state index contributed by atoms with van der Waals surface area (Å²) in [6.45, 7) is 4.76. The number of carbonyl (C=O) groups excluding carboxylic acids is 1. The van der Waals surface area contributed by atoms with Gasteiger partial charge in [0.15, 0.2) is 0 Å². The normalized spacial score (nSPS) is 15.2. The van der Waals surface area contributed by atoms with Gasteiger partial charge in [-0.2, -0.15) is 0 Å². The zero-order valence-corrected chi connectivity index (χ0v) is 16.8. The lowest BCUT2D eigenvalue weighted by Crippen LogP contribution is -2.17. The molecule has 5 nitrogen and oxygen atoms in total. The first kappa shape index (κ1) is 19.9. The predicted octanol–water partition coefficient (Wildman–Crippen LogP) is 4.72. The van der Waals surface area contributed by atoms with Crippen LogP contribution in [0.15, 0.2) is 47.4 Å². The van der Waals surface area contributed by atoms with Gasteiger partial charge in [0.1, 0.15) is 0 Å². The second-order valence-corrected chi connectivity index (χ2v) is 7.01. The summed E-state index contributed by atoms with van der Waals surface area (Å²) in [5, 5.41) is 0. The number of unbranched alkanes of at least 4 members (excludes halogenated alkanes) is 1. The van der Waals surface area contributed by atoms with Crippen molar-refractivity contribution >= 4 is 17.8 Å². The highest BCUT2D eigenvalue weighted by molar-refractivity contribution is 6.21. The molecule has 28 heavy (non-hydrogen) atoms. The van der Waals surface area contributed by atoms with Crippen LogP contribution in [0.3, 0.4) is 0 Å². The molecule has 146 valence electrons. The van der Waals surface area contributed by atoms with Crippen LogP contribution >= 0.6 is 0 Å². The maximum Gasteiger partial charge on any atom is 0.340 e. The molecule has 0 saturated heterocycles. The van der Waals surface area contributed by atoms with Crippen molar-refractivity contribution in [3.63, 3.8) is 0 Å². The highest BCUT2D eigenvalue weighted by Gasteiger charge is 2.29. The Hall–Kier alpha value is -2.82. The molecule has 2 aromatic rings. The van der Waals surface area contributed by atoms with Crippen molar-refractivity contribution in [2.45, 2.75) is 39.5 Å². The number of hydrogen-bond acceptors (Lipinski definition) is 5. The van der Waals surface area contributed by atoms with Gasteiger partial charge in [-0.15, -0.1) is 0 Å². The van der Waals surface area contributed by atoms with E-state index in [0.717, 1.165) is 53.6 Å². The van der Waals surface area contributed by atoms with Crippen LogP contribution in [0.4, 0.5) is 0 Å². The second-order valence-electron chi connectivity index (χ2n) is 7.01. The third kappa shape index (κ3) is 4.03. The van der Waals surface area contributed by atoms with Crippen molar-refractivity contribution in [3.05, 3.63) is 53.5 Å². The summed E-state index contributed by atoms with van der Waals surface area (Å²) in [5.74, 6) is 0.0535. The molecule has 2 aromatic heterocycles. The van der Waals surface area contributed by atoms with E-state index in [1.807, 2.05) is 18.2 Å². The van der Waals surface area contributed by atoms with Gasteiger partial charge in [0.2, 0.25) is 0 Å². The van der Waals surface area contributed by atoms with Crippen molar-refractivity contribution in [3.8, 4) is 11.3 Å². The van der Waals surface area contributed by atoms with E-state index < -0.39 is 0 Å². The summed E-state index contributed by atoms with van der Waals surface area (Å²) in [6.07, 6.45) is 11.3. The van der Waals surface area contributed by atoms with Gasteiger partial charge in [0.05, 0.1) is 17.9 Å². The summed E-state index contributed by atoms with van der Waals surface area (Å²) in [7, 11) is 1.66. The lowest BCUT2D eigenvalue weighted by molar-refractivity contribution is -0.139. The molecule has 0 aromatic carbocycles. The first-order chi connectivity index (χ1) is 13.7. The molecular weight excluding hydrogens is 350 g/mol. The highest BCUT2D eigenvalue weighted by Crippen LogP contribution is 2.43. The number of ether oxygens (including phenoxy) is 1. The van der Waals surface area contributed by atoms with Gasteiger partial charge in [0, 0.05) is 48.6 Å². The van der Waals surface area contributed by atoms with Crippen molar-refractivity contribution < 1.29 is 9.53 Å². The van der Waals surface area contributed by atoms with E-state index in [2.05, 4.69) is 28.8 Å². The molecule has 0 saturated carbocycles. The minimum atomic E-state index is -0.338. The third-order valence-electron chi connectivity index (χ3n) is 5.16. The average Bonchev–Trinajstić information content (AvgIpc) is 3.06. The molecule has 0 N–H and O–H groups in total. The molecule has 0 fully saturated rings. The Kier molecular flexibility index (Phi) is 6.69. The topological polar surface area (TPSA) is 64.4 Å². The molecular formula is C23H27N3O2. The smallest absolute Gasteiger partial charge is 0.340 e. The SMILES string of the molecule is CCCCC(CC)COC(=O)/C(C=NC)=C1/c2ccncc2-c2ncccc21. The molecule has 0 spiro atoms. The Bertz CT molecular complexity index is 855. The molecule has 1 atom stereocenters. The minimum absolute atomic E-state index is 0.338. The highest BCUT2D eigenvalue weighted by atomic mass is 16.5. The molecule has 0 radical (unpaired) electrons. The number of fused-ring (bicyclic) bond motifs is 3. The van der Waals surface area contributed by atoms with Crippen molar-refractivity contribution in [2.24, 2.45) is 10.9 Å². The Morgan fingerprint density at radius 2 is 2.07 bits per heavy atom. The molecule has 1 aliphatic rings. The number of aromatic nitrogens is 2. The van der Waals surface area contributed by atoms with E-state index in [4.69, 9.17) is 4.74 Å². The number of pyridine rings is 2. The maximum absolute atomic E-state index is 13.0. The summed E-state index contributed by atoms with van der Waals surface area (Å²) >= 11 is 0. The quantitative estimate of drug-likeness (QED) is 0.324. The summed E-state index contributed by atoms with van der Waals surface area (Å²) in [6, 6.07) is 5.77. The van der Waals surface area contributed by atoms with Gasteiger partial charge < -0.3 is 4.74 Å². The lowest BCUT2D eigenvalue weighted by Gasteiger charge is -2.16. The molecule has 1 unspecified atom stereocenters. The van der Waals surface area contributed by atoms with Crippen LogP contribution in [-0.4, -0.2) is 35.8 Å². The summed E-state index contributed by atoms with van der Waals surface area (Å²) in [5.41, 5.74) is 4.90. The van der Waals surface area contributed by atoms with Crippen LogP contribution < -0.4 is 0 Å². The van der Waals surface area contributed by atoms with Gasteiger partial charge in [-0.3, -0.25) is 15.0 Å². The third-order valence-corrected chi connectivity index (χ3v) is 5.16. The molecule has 0 aliphatic heterocycles. The summed E-state index contributed by atoms with van der Waals surface area (Å²) < 4.78 is 5.73. The zero-order valence-electron chi connectivity index (χ0n) is 16.8.